The van der Waals surface area contributed by atoms with Crippen molar-refractivity contribution in [2.75, 3.05) is 17.6 Å². The summed E-state index contributed by atoms with van der Waals surface area (Å²) < 4.78 is 1.81. The number of aryl methyl sites for hydroxylation is 1. The lowest BCUT2D eigenvalue weighted by atomic mass is 10.2. The van der Waals surface area contributed by atoms with Crippen LogP contribution >= 0.6 is 0 Å². The van der Waals surface area contributed by atoms with Crippen molar-refractivity contribution in [2.24, 2.45) is 7.05 Å². The average molecular weight is 272 g/mol. The molecule has 6 nitrogen and oxygen atoms in total. The lowest BCUT2D eigenvalue weighted by Crippen LogP contribution is -2.11. The fraction of sp³-hybridized carbons (Fsp3) is 0.500. The number of aromatic nitrogens is 4. The van der Waals surface area contributed by atoms with Crippen molar-refractivity contribution in [3.63, 3.8) is 0 Å². The monoisotopic (exact) mass is 272 g/mol. The molecule has 3 N–H and O–H groups in total. The Morgan fingerprint density at radius 1 is 1.40 bits per heavy atom. The molecule has 0 amide bonds. The summed E-state index contributed by atoms with van der Waals surface area (Å²) in [6.45, 7) is 2.77. The van der Waals surface area contributed by atoms with Gasteiger partial charge in [0, 0.05) is 31.3 Å². The highest BCUT2D eigenvalue weighted by Crippen LogP contribution is 2.39. The summed E-state index contributed by atoms with van der Waals surface area (Å²) in [7, 11) is 1.92. The second-order valence-electron chi connectivity index (χ2n) is 5.41. The van der Waals surface area contributed by atoms with E-state index in [1.807, 2.05) is 31.0 Å². The molecule has 106 valence electrons. The van der Waals surface area contributed by atoms with E-state index in [9.17, 15) is 0 Å². The first-order chi connectivity index (χ1) is 9.63. The zero-order valence-corrected chi connectivity index (χ0v) is 11.9. The van der Waals surface area contributed by atoms with Gasteiger partial charge < -0.3 is 11.1 Å². The first-order valence-corrected chi connectivity index (χ1v) is 6.99. The normalized spacial score (nSPS) is 14.5. The van der Waals surface area contributed by atoms with E-state index in [-0.39, 0.29) is 0 Å². The molecule has 0 aromatic carbocycles. The number of hydrogen-bond donors (Lipinski definition) is 2. The molecule has 2 aromatic rings. The molecule has 0 saturated heterocycles. The zero-order valence-electron chi connectivity index (χ0n) is 11.9. The van der Waals surface area contributed by atoms with Gasteiger partial charge in [-0.1, -0.05) is 0 Å². The van der Waals surface area contributed by atoms with E-state index in [0.29, 0.717) is 11.7 Å². The molecule has 1 saturated carbocycles. The first-order valence-electron chi connectivity index (χ1n) is 6.99. The van der Waals surface area contributed by atoms with Gasteiger partial charge in [0.25, 0.3) is 0 Å². The van der Waals surface area contributed by atoms with Crippen molar-refractivity contribution in [2.45, 2.75) is 32.1 Å². The number of hydrogen-bond acceptors (Lipinski definition) is 5. The molecule has 3 rings (SSSR count). The number of anilines is 2. The van der Waals surface area contributed by atoms with Crippen LogP contribution in [0.3, 0.4) is 0 Å². The summed E-state index contributed by atoms with van der Waals surface area (Å²) in [6.07, 6.45) is 7.18. The Kier molecular flexibility index (Phi) is 3.30. The minimum atomic E-state index is 0.511. The van der Waals surface area contributed by atoms with Crippen LogP contribution in [0.15, 0.2) is 12.4 Å². The summed E-state index contributed by atoms with van der Waals surface area (Å²) >= 11 is 0. The van der Waals surface area contributed by atoms with Gasteiger partial charge in [0.05, 0.1) is 6.20 Å². The van der Waals surface area contributed by atoms with Crippen LogP contribution < -0.4 is 11.1 Å². The van der Waals surface area contributed by atoms with Crippen molar-refractivity contribution >= 4 is 11.6 Å². The highest BCUT2D eigenvalue weighted by atomic mass is 15.2. The highest BCUT2D eigenvalue weighted by molar-refractivity contribution is 5.55. The number of nitrogens with zero attached hydrogens (tertiary/aromatic N) is 4. The Morgan fingerprint density at radius 2 is 2.20 bits per heavy atom. The second kappa shape index (κ2) is 5.11. The molecule has 1 aliphatic carbocycles. The van der Waals surface area contributed by atoms with Gasteiger partial charge in [-0.3, -0.25) is 4.68 Å². The molecule has 1 aliphatic rings. The Hall–Kier alpha value is -2.11. The number of nitrogens with one attached hydrogen (secondary N) is 1. The molecule has 0 spiro atoms. The quantitative estimate of drug-likeness (QED) is 0.864. The SMILES string of the molecule is Cc1c(N)nc(C2CC2)nc1NCCc1cnn(C)c1. The maximum absolute atomic E-state index is 5.97. The van der Waals surface area contributed by atoms with Crippen LogP contribution in [0.5, 0.6) is 0 Å². The van der Waals surface area contributed by atoms with Crippen LogP contribution in [0.25, 0.3) is 0 Å². The van der Waals surface area contributed by atoms with Crippen LogP contribution in [0, 0.1) is 6.92 Å². The van der Waals surface area contributed by atoms with Crippen LogP contribution in [0.2, 0.25) is 0 Å². The van der Waals surface area contributed by atoms with Crippen LogP contribution in [-0.2, 0) is 13.5 Å². The highest BCUT2D eigenvalue weighted by Gasteiger charge is 2.27. The second-order valence-corrected chi connectivity index (χ2v) is 5.41. The zero-order chi connectivity index (χ0) is 14.1. The van der Waals surface area contributed by atoms with E-state index in [4.69, 9.17) is 5.73 Å². The smallest absolute Gasteiger partial charge is 0.136 e. The van der Waals surface area contributed by atoms with Gasteiger partial charge in [-0.2, -0.15) is 5.10 Å². The topological polar surface area (TPSA) is 81.7 Å². The van der Waals surface area contributed by atoms with Gasteiger partial charge in [-0.05, 0) is 31.7 Å². The lowest BCUT2D eigenvalue weighted by Gasteiger charge is -2.11. The maximum atomic E-state index is 5.97. The number of rotatable bonds is 5. The fourth-order valence-corrected chi connectivity index (χ4v) is 2.17. The Labute approximate surface area is 118 Å². The molecular formula is C14H20N6. The molecule has 2 heterocycles. The minimum absolute atomic E-state index is 0.511. The third kappa shape index (κ3) is 2.74. The third-order valence-corrected chi connectivity index (χ3v) is 3.61. The molecule has 0 atom stereocenters. The van der Waals surface area contributed by atoms with Gasteiger partial charge in [0.1, 0.15) is 17.5 Å². The van der Waals surface area contributed by atoms with E-state index in [2.05, 4.69) is 20.4 Å². The van der Waals surface area contributed by atoms with Gasteiger partial charge in [-0.25, -0.2) is 9.97 Å². The Morgan fingerprint density at radius 3 is 2.85 bits per heavy atom. The van der Waals surface area contributed by atoms with Crippen molar-refractivity contribution < 1.29 is 0 Å². The molecular weight excluding hydrogens is 252 g/mol. The van der Waals surface area contributed by atoms with Crippen molar-refractivity contribution in [3.8, 4) is 0 Å². The first kappa shape index (κ1) is 12.9. The predicted octanol–water partition coefficient (Wildman–Crippen LogP) is 1.63. The molecule has 20 heavy (non-hydrogen) atoms. The van der Waals surface area contributed by atoms with E-state index in [1.54, 1.807) is 0 Å². The van der Waals surface area contributed by atoms with E-state index >= 15 is 0 Å². The van der Waals surface area contributed by atoms with Gasteiger partial charge in [-0.15, -0.1) is 0 Å². The maximum Gasteiger partial charge on any atom is 0.136 e. The third-order valence-electron chi connectivity index (χ3n) is 3.61. The van der Waals surface area contributed by atoms with Crippen LogP contribution in [-0.4, -0.2) is 26.3 Å². The molecule has 1 fully saturated rings. The molecule has 0 bridgehead atoms. The molecule has 6 heteroatoms. The van der Waals surface area contributed by atoms with E-state index in [0.717, 1.165) is 30.2 Å². The minimum Gasteiger partial charge on any atom is -0.383 e. The Bertz CT molecular complexity index is 614. The van der Waals surface area contributed by atoms with Crippen molar-refractivity contribution in [1.29, 1.82) is 0 Å². The standard InChI is InChI=1S/C14H20N6/c1-9-12(15)18-14(11-3-4-11)19-13(9)16-6-5-10-7-17-20(2)8-10/h7-8,11H,3-6H2,1-2H3,(H3,15,16,18,19). The molecule has 2 aromatic heterocycles. The summed E-state index contributed by atoms with van der Waals surface area (Å²) in [5.41, 5.74) is 8.11. The molecule has 0 radical (unpaired) electrons. The summed E-state index contributed by atoms with van der Waals surface area (Å²) in [4.78, 5) is 8.99. The molecule has 0 aliphatic heterocycles. The summed E-state index contributed by atoms with van der Waals surface area (Å²) in [6, 6.07) is 0. The van der Waals surface area contributed by atoms with E-state index < -0.39 is 0 Å². The Balaban J connectivity index is 1.67. The lowest BCUT2D eigenvalue weighted by molar-refractivity contribution is 0.766. The van der Waals surface area contributed by atoms with Crippen molar-refractivity contribution in [3.05, 3.63) is 29.3 Å². The summed E-state index contributed by atoms with van der Waals surface area (Å²) in [5.74, 6) is 2.85. The van der Waals surface area contributed by atoms with Gasteiger partial charge in [0.2, 0.25) is 0 Å². The van der Waals surface area contributed by atoms with Gasteiger partial charge >= 0.3 is 0 Å². The number of nitrogen functional groups attached to an aromatic ring is 1. The largest absolute Gasteiger partial charge is 0.383 e. The van der Waals surface area contributed by atoms with Crippen molar-refractivity contribution in [1.82, 2.24) is 19.7 Å². The number of nitrogens with two attached hydrogens (primary N) is 1. The van der Waals surface area contributed by atoms with Gasteiger partial charge in [0.15, 0.2) is 0 Å². The van der Waals surface area contributed by atoms with Crippen LogP contribution in [0.1, 0.15) is 35.7 Å². The average Bonchev–Trinajstić information content (AvgIpc) is 3.18. The van der Waals surface area contributed by atoms with Crippen LogP contribution in [0.4, 0.5) is 11.6 Å². The van der Waals surface area contributed by atoms with E-state index in [1.165, 1.54) is 18.4 Å². The summed E-state index contributed by atoms with van der Waals surface area (Å²) in [5, 5.41) is 7.53. The molecule has 0 unspecified atom stereocenters. The fourth-order valence-electron chi connectivity index (χ4n) is 2.17. The predicted molar refractivity (Wildman–Crippen MR) is 78.6 cm³/mol.